The van der Waals surface area contributed by atoms with Gasteiger partial charge < -0.3 is 0 Å². The van der Waals surface area contributed by atoms with Crippen LogP contribution < -0.4 is 0 Å². The van der Waals surface area contributed by atoms with Crippen LogP contribution in [-0.4, -0.2) is 0 Å². The Morgan fingerprint density at radius 1 is 0.824 bits per heavy atom. The number of hydrogen-bond donors (Lipinski definition) is 0. The summed E-state index contributed by atoms with van der Waals surface area (Å²) in [4.78, 5) is 0. The molecule has 0 bridgehead atoms. The van der Waals surface area contributed by atoms with Gasteiger partial charge in [-0.15, -0.1) is 0 Å². The third kappa shape index (κ3) is 2.48. The van der Waals surface area contributed by atoms with Crippen LogP contribution in [0.25, 0.3) is 0 Å². The molecule has 0 radical (unpaired) electrons. The van der Waals surface area contributed by atoms with Gasteiger partial charge in [0.1, 0.15) is 11.1 Å². The van der Waals surface area contributed by atoms with Gasteiger partial charge in [-0.25, -0.2) is 17.6 Å². The van der Waals surface area contributed by atoms with E-state index in [-0.39, 0.29) is 0 Å². The maximum absolute atomic E-state index is 13.0. The van der Waals surface area contributed by atoms with Crippen LogP contribution in [0.1, 0.15) is 11.1 Å². The highest BCUT2D eigenvalue weighted by Gasteiger charge is 2.42. The standard InChI is InChI=1S/C9F7I/c10-5-3(1-2-17)6(11)8(13)4(7(5)12)9(14,15)16. The molecule has 0 aliphatic heterocycles. The van der Waals surface area contributed by atoms with Crippen LogP contribution in [0.2, 0.25) is 0 Å². The molecule has 0 saturated heterocycles. The lowest BCUT2D eigenvalue weighted by atomic mass is 10.1. The highest BCUT2D eigenvalue weighted by Crippen LogP contribution is 2.36. The topological polar surface area (TPSA) is 0 Å². The Labute approximate surface area is 104 Å². The quantitative estimate of drug-likeness (QED) is 0.281. The second kappa shape index (κ2) is 4.72. The monoisotopic (exact) mass is 368 g/mol. The van der Waals surface area contributed by atoms with E-state index in [1.54, 1.807) is 5.92 Å². The Morgan fingerprint density at radius 3 is 1.53 bits per heavy atom. The van der Waals surface area contributed by atoms with Gasteiger partial charge in [-0.2, -0.15) is 13.2 Å². The minimum atomic E-state index is -5.54. The fourth-order valence-corrected chi connectivity index (χ4v) is 1.31. The Hall–Kier alpha value is -0.980. The van der Waals surface area contributed by atoms with Crippen molar-refractivity contribution in [1.29, 1.82) is 0 Å². The average molecular weight is 368 g/mol. The summed E-state index contributed by atoms with van der Waals surface area (Å²) < 4.78 is 90.3. The summed E-state index contributed by atoms with van der Waals surface area (Å²) >= 11 is 1.31. The third-order valence-corrected chi connectivity index (χ3v) is 1.99. The molecule has 0 N–H and O–H groups in total. The molecular formula is C9F7I. The molecule has 0 heterocycles. The van der Waals surface area contributed by atoms with Gasteiger partial charge in [-0.05, 0) is 9.85 Å². The number of hydrogen-bond acceptors (Lipinski definition) is 0. The van der Waals surface area contributed by atoms with Crippen molar-refractivity contribution in [3.63, 3.8) is 0 Å². The first-order chi connectivity index (χ1) is 7.71. The number of alkyl halides is 3. The zero-order valence-electron chi connectivity index (χ0n) is 7.52. The highest BCUT2D eigenvalue weighted by atomic mass is 127. The normalized spacial score (nSPS) is 11.1. The Morgan fingerprint density at radius 2 is 1.24 bits per heavy atom. The zero-order valence-corrected chi connectivity index (χ0v) is 9.68. The molecule has 0 saturated carbocycles. The molecule has 92 valence electrons. The predicted octanol–water partition coefficient (Wildman–Crippen LogP) is 4.01. The van der Waals surface area contributed by atoms with Crippen molar-refractivity contribution in [2.75, 3.05) is 0 Å². The minimum Gasteiger partial charge on any atom is -0.203 e. The molecular weight excluding hydrogens is 368 g/mol. The van der Waals surface area contributed by atoms with Crippen LogP contribution in [0.5, 0.6) is 0 Å². The molecule has 1 aromatic carbocycles. The summed E-state index contributed by atoms with van der Waals surface area (Å²) in [5.74, 6) is -7.71. The maximum atomic E-state index is 13.0. The summed E-state index contributed by atoms with van der Waals surface area (Å²) in [5.41, 5.74) is -3.98. The van der Waals surface area contributed by atoms with E-state index in [1.807, 2.05) is 3.93 Å². The number of halogens is 8. The van der Waals surface area contributed by atoms with Crippen molar-refractivity contribution in [1.82, 2.24) is 0 Å². The van der Waals surface area contributed by atoms with Crippen molar-refractivity contribution in [2.45, 2.75) is 6.18 Å². The minimum absolute atomic E-state index is 1.31. The predicted molar refractivity (Wildman–Crippen MR) is 52.2 cm³/mol. The molecule has 0 aliphatic carbocycles. The van der Waals surface area contributed by atoms with Crippen LogP contribution in [0.15, 0.2) is 0 Å². The SMILES string of the molecule is Fc1c(F)c(C(F)(F)F)c(F)c(F)c1C#CI. The lowest BCUT2D eigenvalue weighted by Crippen LogP contribution is -2.16. The van der Waals surface area contributed by atoms with Crippen molar-refractivity contribution in [3.05, 3.63) is 34.4 Å². The van der Waals surface area contributed by atoms with Gasteiger partial charge in [-0.1, -0.05) is 0 Å². The van der Waals surface area contributed by atoms with Crippen LogP contribution in [0, 0.1) is 33.1 Å². The molecule has 17 heavy (non-hydrogen) atoms. The molecule has 0 aromatic heterocycles. The summed E-state index contributed by atoms with van der Waals surface area (Å²) in [7, 11) is 0. The van der Waals surface area contributed by atoms with Gasteiger partial charge in [0, 0.05) is 22.6 Å². The van der Waals surface area contributed by atoms with E-state index < -0.39 is 40.6 Å². The second-order valence-corrected chi connectivity index (χ2v) is 3.26. The first-order valence-electron chi connectivity index (χ1n) is 3.76. The summed E-state index contributed by atoms with van der Waals surface area (Å²) in [6.45, 7) is 0. The summed E-state index contributed by atoms with van der Waals surface area (Å²) in [6.07, 6.45) is -5.54. The molecule has 8 heteroatoms. The molecule has 0 aliphatic rings. The van der Waals surface area contributed by atoms with E-state index in [1.165, 1.54) is 22.6 Å². The van der Waals surface area contributed by atoms with Crippen molar-refractivity contribution in [3.8, 4) is 9.85 Å². The zero-order chi connectivity index (χ0) is 13.4. The van der Waals surface area contributed by atoms with E-state index in [9.17, 15) is 30.7 Å². The smallest absolute Gasteiger partial charge is 0.203 e. The molecule has 0 unspecified atom stereocenters. The third-order valence-electron chi connectivity index (χ3n) is 1.72. The fourth-order valence-electron chi connectivity index (χ4n) is 1.04. The van der Waals surface area contributed by atoms with Gasteiger partial charge in [0.05, 0.1) is 0 Å². The number of rotatable bonds is 0. The van der Waals surface area contributed by atoms with Crippen LogP contribution >= 0.6 is 22.6 Å². The van der Waals surface area contributed by atoms with E-state index in [0.29, 0.717) is 0 Å². The molecule has 0 amide bonds. The van der Waals surface area contributed by atoms with Gasteiger partial charge in [-0.3, -0.25) is 0 Å². The highest BCUT2D eigenvalue weighted by molar-refractivity contribution is 14.1. The number of benzene rings is 1. The second-order valence-electron chi connectivity index (χ2n) is 2.72. The summed E-state index contributed by atoms with van der Waals surface area (Å²) in [5, 5.41) is 0. The summed E-state index contributed by atoms with van der Waals surface area (Å²) in [6, 6.07) is 0. The van der Waals surface area contributed by atoms with Crippen LogP contribution in [-0.2, 0) is 6.18 Å². The molecule has 0 fully saturated rings. The molecule has 0 atom stereocenters. The molecule has 1 rings (SSSR count). The van der Waals surface area contributed by atoms with Gasteiger partial charge in [0.15, 0.2) is 23.3 Å². The molecule has 0 spiro atoms. The average Bonchev–Trinajstić information content (AvgIpc) is 2.20. The van der Waals surface area contributed by atoms with Gasteiger partial charge >= 0.3 is 6.18 Å². The van der Waals surface area contributed by atoms with Crippen molar-refractivity contribution in [2.24, 2.45) is 0 Å². The Kier molecular flexibility index (Phi) is 3.91. The van der Waals surface area contributed by atoms with E-state index in [2.05, 4.69) is 0 Å². The first-order valence-corrected chi connectivity index (χ1v) is 4.84. The van der Waals surface area contributed by atoms with Gasteiger partial charge in [0.25, 0.3) is 0 Å². The van der Waals surface area contributed by atoms with E-state index in [0.717, 1.165) is 0 Å². The van der Waals surface area contributed by atoms with Crippen molar-refractivity contribution >= 4 is 22.6 Å². The van der Waals surface area contributed by atoms with Crippen molar-refractivity contribution < 1.29 is 30.7 Å². The Bertz CT molecular complexity index is 492. The first kappa shape index (κ1) is 14.1. The fraction of sp³-hybridized carbons (Fsp3) is 0.111. The Balaban J connectivity index is 3.75. The molecule has 1 aromatic rings. The maximum Gasteiger partial charge on any atom is 0.422 e. The van der Waals surface area contributed by atoms with Gasteiger partial charge in [0.2, 0.25) is 0 Å². The lowest BCUT2D eigenvalue weighted by Gasteiger charge is -2.11. The lowest BCUT2D eigenvalue weighted by molar-refractivity contribution is -0.143. The van der Waals surface area contributed by atoms with Crippen LogP contribution in [0.3, 0.4) is 0 Å². The largest absolute Gasteiger partial charge is 0.422 e. The molecule has 0 nitrogen and oxygen atoms in total. The van der Waals surface area contributed by atoms with E-state index >= 15 is 0 Å². The van der Waals surface area contributed by atoms with Crippen LogP contribution in [0.4, 0.5) is 30.7 Å². The van der Waals surface area contributed by atoms with E-state index in [4.69, 9.17) is 0 Å².